The molecule has 3 aromatic carbocycles. The van der Waals surface area contributed by atoms with Crippen LogP contribution < -0.4 is 0 Å². The van der Waals surface area contributed by atoms with Crippen LogP contribution in [0.5, 0.6) is 0 Å². The molecule has 0 spiro atoms. The van der Waals surface area contributed by atoms with E-state index >= 15 is 0 Å². The summed E-state index contributed by atoms with van der Waals surface area (Å²) in [4.78, 5) is 13.0. The van der Waals surface area contributed by atoms with E-state index in [0.29, 0.717) is 21.2 Å². The molecular formula is C23H14Cl2O. The maximum absolute atomic E-state index is 13.0. The first-order chi connectivity index (χ1) is 12.6. The number of halogens is 2. The molecule has 0 fully saturated rings. The molecule has 0 bridgehead atoms. The first-order valence-electron chi connectivity index (χ1n) is 8.26. The van der Waals surface area contributed by atoms with E-state index in [1.54, 1.807) is 36.4 Å². The zero-order valence-corrected chi connectivity index (χ0v) is 15.3. The highest BCUT2D eigenvalue weighted by atomic mass is 35.5. The summed E-state index contributed by atoms with van der Waals surface area (Å²) in [6.07, 6.45) is 5.96. The summed E-state index contributed by atoms with van der Waals surface area (Å²) in [6.45, 7) is 0. The lowest BCUT2D eigenvalue weighted by Gasteiger charge is -2.33. The number of hydrogen-bond acceptors (Lipinski definition) is 1. The SMILES string of the molecule is C#C[C@H](c1ccccc1)C1c2c(Cl)cccc2C(=O)c2cccc(Cl)c21. The zero-order chi connectivity index (χ0) is 18.3. The van der Waals surface area contributed by atoms with Crippen LogP contribution in [0, 0.1) is 12.3 Å². The molecule has 1 nitrogen and oxygen atoms in total. The van der Waals surface area contributed by atoms with Crippen molar-refractivity contribution >= 4 is 29.0 Å². The molecule has 26 heavy (non-hydrogen) atoms. The van der Waals surface area contributed by atoms with Crippen molar-refractivity contribution in [1.82, 2.24) is 0 Å². The summed E-state index contributed by atoms with van der Waals surface area (Å²) in [5.41, 5.74) is 3.69. The average molecular weight is 377 g/mol. The Hall–Kier alpha value is -2.53. The average Bonchev–Trinajstić information content (AvgIpc) is 2.66. The summed E-state index contributed by atoms with van der Waals surface area (Å²) in [5.74, 6) is 2.27. The molecule has 0 radical (unpaired) electrons. The fourth-order valence-corrected chi connectivity index (χ4v) is 4.35. The number of terminal acetylenes is 1. The smallest absolute Gasteiger partial charge is 0.193 e. The molecule has 0 unspecified atom stereocenters. The van der Waals surface area contributed by atoms with Crippen molar-refractivity contribution in [3.63, 3.8) is 0 Å². The highest BCUT2D eigenvalue weighted by Crippen LogP contribution is 2.49. The fraction of sp³-hybridized carbons (Fsp3) is 0.0870. The predicted molar refractivity (Wildman–Crippen MR) is 106 cm³/mol. The van der Waals surface area contributed by atoms with Crippen molar-refractivity contribution in [2.75, 3.05) is 0 Å². The minimum Gasteiger partial charge on any atom is -0.289 e. The van der Waals surface area contributed by atoms with Crippen molar-refractivity contribution in [2.45, 2.75) is 11.8 Å². The minimum atomic E-state index is -0.290. The fourth-order valence-electron chi connectivity index (χ4n) is 3.77. The van der Waals surface area contributed by atoms with Crippen molar-refractivity contribution in [1.29, 1.82) is 0 Å². The molecule has 0 N–H and O–H groups in total. The van der Waals surface area contributed by atoms with Crippen molar-refractivity contribution < 1.29 is 4.79 Å². The standard InChI is InChI=1S/C23H14Cl2O/c1-2-15(14-8-4-3-5-9-14)22-20-16(10-6-12-18(20)24)23(26)17-11-7-13-19(25)21(17)22/h1,3-13,15,22H/t15-/m1/s1. The van der Waals surface area contributed by atoms with E-state index in [0.717, 1.165) is 16.7 Å². The van der Waals surface area contributed by atoms with E-state index in [1.165, 1.54) is 0 Å². The predicted octanol–water partition coefficient (Wildman–Crippen LogP) is 6.09. The van der Waals surface area contributed by atoms with Crippen molar-refractivity contribution in [3.8, 4) is 12.3 Å². The van der Waals surface area contributed by atoms with Gasteiger partial charge in [-0.2, -0.15) is 0 Å². The van der Waals surface area contributed by atoms with E-state index in [9.17, 15) is 4.79 Å². The number of carbonyl (C=O) groups excluding carboxylic acids is 1. The molecule has 1 atom stereocenters. The number of hydrogen-bond donors (Lipinski definition) is 0. The maximum atomic E-state index is 13.0. The van der Waals surface area contributed by atoms with Gasteiger partial charge in [-0.25, -0.2) is 0 Å². The summed E-state index contributed by atoms with van der Waals surface area (Å²) in [5, 5.41) is 1.06. The molecule has 0 saturated heterocycles. The number of fused-ring (bicyclic) bond motifs is 2. The summed E-state index contributed by atoms with van der Waals surface area (Å²) < 4.78 is 0. The Morgan fingerprint density at radius 3 is 1.85 bits per heavy atom. The third kappa shape index (κ3) is 2.54. The van der Waals surface area contributed by atoms with Gasteiger partial charge in [0.15, 0.2) is 5.78 Å². The van der Waals surface area contributed by atoms with Crippen LogP contribution >= 0.6 is 23.2 Å². The monoisotopic (exact) mass is 376 g/mol. The highest BCUT2D eigenvalue weighted by molar-refractivity contribution is 6.34. The molecule has 4 rings (SSSR count). The zero-order valence-electron chi connectivity index (χ0n) is 13.7. The second kappa shape index (κ2) is 6.65. The number of carbonyl (C=O) groups is 1. The molecule has 0 amide bonds. The first-order valence-corrected chi connectivity index (χ1v) is 9.01. The van der Waals surface area contributed by atoms with E-state index in [4.69, 9.17) is 29.6 Å². The molecule has 0 aromatic heterocycles. The van der Waals surface area contributed by atoms with Gasteiger partial charge in [0.1, 0.15) is 0 Å². The lowest BCUT2D eigenvalue weighted by molar-refractivity contribution is 0.103. The van der Waals surface area contributed by atoms with Gasteiger partial charge in [0, 0.05) is 27.1 Å². The van der Waals surface area contributed by atoms with Gasteiger partial charge >= 0.3 is 0 Å². The largest absolute Gasteiger partial charge is 0.289 e. The molecule has 0 saturated carbocycles. The van der Waals surface area contributed by atoms with E-state index in [2.05, 4.69) is 5.92 Å². The Kier molecular flexibility index (Phi) is 4.32. The van der Waals surface area contributed by atoms with Crippen LogP contribution in [-0.4, -0.2) is 5.78 Å². The number of rotatable bonds is 2. The Balaban J connectivity index is 2.05. The lowest BCUT2D eigenvalue weighted by Crippen LogP contribution is -2.24. The summed E-state index contributed by atoms with van der Waals surface area (Å²) in [6, 6.07) is 20.6. The van der Waals surface area contributed by atoms with Crippen LogP contribution in [0.1, 0.15) is 44.4 Å². The second-order valence-electron chi connectivity index (χ2n) is 6.26. The molecular weight excluding hydrogens is 363 g/mol. The van der Waals surface area contributed by atoms with Gasteiger partial charge in [0.05, 0.1) is 5.92 Å². The molecule has 1 aliphatic carbocycles. The van der Waals surface area contributed by atoms with E-state index < -0.39 is 0 Å². The van der Waals surface area contributed by atoms with Crippen LogP contribution in [-0.2, 0) is 0 Å². The van der Waals surface area contributed by atoms with Crippen LogP contribution in [0.2, 0.25) is 10.0 Å². The van der Waals surface area contributed by atoms with Gasteiger partial charge < -0.3 is 0 Å². The Morgan fingerprint density at radius 1 is 0.808 bits per heavy atom. The topological polar surface area (TPSA) is 17.1 Å². The molecule has 1 aliphatic rings. The quantitative estimate of drug-likeness (QED) is 0.494. The van der Waals surface area contributed by atoms with E-state index in [1.807, 2.05) is 30.3 Å². The molecule has 3 aromatic rings. The third-order valence-electron chi connectivity index (χ3n) is 4.89. The molecule has 0 aliphatic heterocycles. The molecule has 3 heteroatoms. The second-order valence-corrected chi connectivity index (χ2v) is 7.08. The van der Waals surface area contributed by atoms with Crippen LogP contribution in [0.25, 0.3) is 0 Å². The lowest BCUT2D eigenvalue weighted by atomic mass is 9.70. The van der Waals surface area contributed by atoms with Crippen LogP contribution in [0.3, 0.4) is 0 Å². The maximum Gasteiger partial charge on any atom is 0.193 e. The minimum absolute atomic E-state index is 0.0694. The van der Waals surface area contributed by atoms with Gasteiger partial charge in [-0.3, -0.25) is 4.79 Å². The molecule has 0 heterocycles. The first kappa shape index (κ1) is 16.9. The van der Waals surface area contributed by atoms with Gasteiger partial charge in [-0.05, 0) is 28.8 Å². The number of benzene rings is 3. The Labute approximate surface area is 162 Å². The van der Waals surface area contributed by atoms with Gasteiger partial charge in [-0.1, -0.05) is 83.7 Å². The summed E-state index contributed by atoms with van der Waals surface area (Å²) >= 11 is 13.1. The van der Waals surface area contributed by atoms with Gasteiger partial charge in [-0.15, -0.1) is 6.42 Å². The van der Waals surface area contributed by atoms with E-state index in [-0.39, 0.29) is 17.6 Å². The van der Waals surface area contributed by atoms with Crippen LogP contribution in [0.15, 0.2) is 66.7 Å². The van der Waals surface area contributed by atoms with Crippen molar-refractivity contribution in [2.24, 2.45) is 0 Å². The molecule has 126 valence electrons. The highest BCUT2D eigenvalue weighted by Gasteiger charge is 2.38. The normalized spacial score (nSPS) is 14.3. The number of ketones is 1. The third-order valence-corrected chi connectivity index (χ3v) is 5.55. The van der Waals surface area contributed by atoms with Gasteiger partial charge in [0.25, 0.3) is 0 Å². The Morgan fingerprint density at radius 2 is 1.35 bits per heavy atom. The van der Waals surface area contributed by atoms with Crippen molar-refractivity contribution in [3.05, 3.63) is 105 Å². The van der Waals surface area contributed by atoms with Gasteiger partial charge in [0.2, 0.25) is 0 Å². The Bertz CT molecular complexity index is 992. The summed E-state index contributed by atoms with van der Waals surface area (Å²) in [7, 11) is 0. The van der Waals surface area contributed by atoms with Crippen LogP contribution in [0.4, 0.5) is 0 Å².